The number of hydrogen-bond acceptors (Lipinski definition) is 3. The van der Waals surface area contributed by atoms with Gasteiger partial charge in [-0.3, -0.25) is 9.69 Å². The van der Waals surface area contributed by atoms with Gasteiger partial charge in [-0.05, 0) is 35.9 Å². The van der Waals surface area contributed by atoms with E-state index in [9.17, 15) is 4.79 Å². The van der Waals surface area contributed by atoms with Crippen LogP contribution in [0.2, 0.25) is 10.0 Å². The predicted octanol–water partition coefficient (Wildman–Crippen LogP) is 3.53. The van der Waals surface area contributed by atoms with Gasteiger partial charge in [-0.25, -0.2) is 0 Å². The second-order valence-corrected chi connectivity index (χ2v) is 6.78. The first-order valence-corrected chi connectivity index (χ1v) is 8.59. The largest absolute Gasteiger partial charge is 0.399 e. The van der Waals surface area contributed by atoms with E-state index in [1.54, 1.807) is 18.2 Å². The average Bonchev–Trinajstić information content (AvgIpc) is 2.55. The number of rotatable bonds is 3. The number of halogens is 2. The van der Waals surface area contributed by atoms with Crippen molar-refractivity contribution in [1.29, 1.82) is 0 Å². The van der Waals surface area contributed by atoms with Gasteiger partial charge in [-0.1, -0.05) is 35.3 Å². The van der Waals surface area contributed by atoms with Gasteiger partial charge in [0.05, 0.1) is 10.6 Å². The molecule has 1 amide bonds. The standard InChI is InChI=1S/C18H19Cl2N3O/c19-14-4-5-16(17(20)11-14)18(24)23-8-6-22(7-9-23)12-13-2-1-3-15(21)10-13/h1-5,10-11H,6-9,12,21H2. The van der Waals surface area contributed by atoms with E-state index in [1.165, 1.54) is 5.56 Å². The second-order valence-electron chi connectivity index (χ2n) is 5.94. The average molecular weight is 364 g/mol. The summed E-state index contributed by atoms with van der Waals surface area (Å²) >= 11 is 12.0. The Morgan fingerprint density at radius 1 is 1.04 bits per heavy atom. The van der Waals surface area contributed by atoms with Crippen LogP contribution in [-0.4, -0.2) is 41.9 Å². The van der Waals surface area contributed by atoms with E-state index >= 15 is 0 Å². The van der Waals surface area contributed by atoms with E-state index in [4.69, 9.17) is 28.9 Å². The molecule has 0 saturated carbocycles. The van der Waals surface area contributed by atoms with Crippen LogP contribution in [0.25, 0.3) is 0 Å². The Labute approximate surface area is 151 Å². The third kappa shape index (κ3) is 4.01. The van der Waals surface area contributed by atoms with Crippen LogP contribution >= 0.6 is 23.2 Å². The molecule has 3 rings (SSSR count). The van der Waals surface area contributed by atoms with Crippen LogP contribution in [0.1, 0.15) is 15.9 Å². The highest BCUT2D eigenvalue weighted by Crippen LogP contribution is 2.23. The van der Waals surface area contributed by atoms with E-state index in [0.717, 1.165) is 25.3 Å². The molecule has 2 aromatic rings. The number of piperazine rings is 1. The smallest absolute Gasteiger partial charge is 0.255 e. The van der Waals surface area contributed by atoms with E-state index in [1.807, 2.05) is 23.1 Å². The quantitative estimate of drug-likeness (QED) is 0.848. The Morgan fingerprint density at radius 2 is 1.79 bits per heavy atom. The number of carbonyl (C=O) groups excluding carboxylic acids is 1. The molecule has 126 valence electrons. The molecule has 4 nitrogen and oxygen atoms in total. The fourth-order valence-electron chi connectivity index (χ4n) is 2.89. The Bertz CT molecular complexity index is 743. The maximum absolute atomic E-state index is 12.6. The maximum Gasteiger partial charge on any atom is 0.255 e. The summed E-state index contributed by atoms with van der Waals surface area (Å²) in [5.41, 5.74) is 8.29. The van der Waals surface area contributed by atoms with Gasteiger partial charge in [0.2, 0.25) is 0 Å². The van der Waals surface area contributed by atoms with E-state index in [2.05, 4.69) is 11.0 Å². The summed E-state index contributed by atoms with van der Waals surface area (Å²) in [5, 5.41) is 0.929. The number of amides is 1. The fourth-order valence-corrected chi connectivity index (χ4v) is 3.38. The fraction of sp³-hybridized carbons (Fsp3) is 0.278. The summed E-state index contributed by atoms with van der Waals surface area (Å²) in [6.45, 7) is 3.85. The Hall–Kier alpha value is -1.75. The molecule has 2 aromatic carbocycles. The molecule has 1 aliphatic rings. The van der Waals surface area contributed by atoms with E-state index < -0.39 is 0 Å². The third-order valence-electron chi connectivity index (χ3n) is 4.18. The molecule has 0 unspecified atom stereocenters. The molecule has 0 aromatic heterocycles. The van der Waals surface area contributed by atoms with Crippen molar-refractivity contribution < 1.29 is 4.79 Å². The van der Waals surface area contributed by atoms with Gasteiger partial charge < -0.3 is 10.6 Å². The minimum atomic E-state index is -0.0414. The number of nitrogens with zero attached hydrogens (tertiary/aromatic N) is 2. The van der Waals surface area contributed by atoms with Gasteiger partial charge in [-0.2, -0.15) is 0 Å². The Kier molecular flexibility index (Phi) is 5.29. The van der Waals surface area contributed by atoms with Gasteiger partial charge in [-0.15, -0.1) is 0 Å². The lowest BCUT2D eigenvalue weighted by Gasteiger charge is -2.35. The van der Waals surface area contributed by atoms with E-state index in [0.29, 0.717) is 28.7 Å². The molecule has 1 fully saturated rings. The van der Waals surface area contributed by atoms with Crippen molar-refractivity contribution in [1.82, 2.24) is 9.80 Å². The number of nitrogen functional groups attached to an aromatic ring is 1. The normalized spacial score (nSPS) is 15.5. The van der Waals surface area contributed by atoms with Crippen molar-refractivity contribution in [3.63, 3.8) is 0 Å². The summed E-state index contributed by atoms with van der Waals surface area (Å²) in [6, 6.07) is 12.9. The molecule has 0 aliphatic carbocycles. The summed E-state index contributed by atoms with van der Waals surface area (Å²) in [4.78, 5) is 16.8. The molecule has 1 saturated heterocycles. The maximum atomic E-state index is 12.6. The zero-order chi connectivity index (χ0) is 17.1. The number of benzene rings is 2. The molecule has 0 radical (unpaired) electrons. The van der Waals surface area contributed by atoms with Gasteiger partial charge in [0.1, 0.15) is 0 Å². The lowest BCUT2D eigenvalue weighted by atomic mass is 10.1. The van der Waals surface area contributed by atoms with Crippen LogP contribution in [0.5, 0.6) is 0 Å². The number of anilines is 1. The molecular weight excluding hydrogens is 345 g/mol. The molecule has 1 heterocycles. The Balaban J connectivity index is 1.59. The molecule has 1 aliphatic heterocycles. The van der Waals surface area contributed by atoms with Crippen LogP contribution < -0.4 is 5.73 Å². The number of carbonyl (C=O) groups is 1. The van der Waals surface area contributed by atoms with Crippen LogP contribution in [-0.2, 0) is 6.54 Å². The monoisotopic (exact) mass is 363 g/mol. The second kappa shape index (κ2) is 7.43. The molecule has 0 bridgehead atoms. The first-order chi connectivity index (χ1) is 11.5. The van der Waals surface area contributed by atoms with Crippen LogP contribution in [0, 0.1) is 0 Å². The lowest BCUT2D eigenvalue weighted by molar-refractivity contribution is 0.0628. The predicted molar refractivity (Wildman–Crippen MR) is 98.5 cm³/mol. The number of nitrogens with two attached hydrogens (primary N) is 1. The van der Waals surface area contributed by atoms with Gasteiger partial charge in [0.25, 0.3) is 5.91 Å². The van der Waals surface area contributed by atoms with Gasteiger partial charge in [0, 0.05) is 43.4 Å². The molecule has 24 heavy (non-hydrogen) atoms. The minimum absolute atomic E-state index is 0.0414. The van der Waals surface area contributed by atoms with Crippen molar-refractivity contribution in [2.45, 2.75) is 6.54 Å². The summed E-state index contributed by atoms with van der Waals surface area (Å²) in [7, 11) is 0. The van der Waals surface area contributed by atoms with Crippen LogP contribution in [0.4, 0.5) is 5.69 Å². The van der Waals surface area contributed by atoms with Crippen molar-refractivity contribution in [3.8, 4) is 0 Å². The zero-order valence-electron chi connectivity index (χ0n) is 13.2. The van der Waals surface area contributed by atoms with Crippen molar-refractivity contribution in [3.05, 3.63) is 63.6 Å². The van der Waals surface area contributed by atoms with Crippen molar-refractivity contribution in [2.75, 3.05) is 31.9 Å². The highest BCUT2D eigenvalue weighted by molar-refractivity contribution is 6.36. The third-order valence-corrected chi connectivity index (χ3v) is 4.73. The minimum Gasteiger partial charge on any atom is -0.399 e. The molecule has 6 heteroatoms. The highest BCUT2D eigenvalue weighted by Gasteiger charge is 2.23. The number of hydrogen-bond donors (Lipinski definition) is 1. The molecule has 2 N–H and O–H groups in total. The van der Waals surface area contributed by atoms with Crippen molar-refractivity contribution >= 4 is 34.8 Å². The summed E-state index contributed by atoms with van der Waals surface area (Å²) in [6.07, 6.45) is 0. The van der Waals surface area contributed by atoms with Gasteiger partial charge >= 0.3 is 0 Å². The topological polar surface area (TPSA) is 49.6 Å². The first kappa shape index (κ1) is 17.1. The van der Waals surface area contributed by atoms with E-state index in [-0.39, 0.29) is 5.91 Å². The first-order valence-electron chi connectivity index (χ1n) is 7.84. The molecular formula is C18H19Cl2N3O. The van der Waals surface area contributed by atoms with Crippen LogP contribution in [0.3, 0.4) is 0 Å². The molecule has 0 atom stereocenters. The summed E-state index contributed by atoms with van der Waals surface area (Å²) < 4.78 is 0. The lowest BCUT2D eigenvalue weighted by Crippen LogP contribution is -2.48. The molecule has 0 spiro atoms. The van der Waals surface area contributed by atoms with Gasteiger partial charge in [0.15, 0.2) is 0 Å². The highest BCUT2D eigenvalue weighted by atomic mass is 35.5. The van der Waals surface area contributed by atoms with Crippen molar-refractivity contribution in [2.24, 2.45) is 0 Å². The zero-order valence-corrected chi connectivity index (χ0v) is 14.7. The van der Waals surface area contributed by atoms with Crippen LogP contribution in [0.15, 0.2) is 42.5 Å². The SMILES string of the molecule is Nc1cccc(CN2CCN(C(=O)c3ccc(Cl)cc3Cl)CC2)c1. The Morgan fingerprint density at radius 3 is 2.46 bits per heavy atom. The summed E-state index contributed by atoms with van der Waals surface area (Å²) in [5.74, 6) is -0.0414.